The van der Waals surface area contributed by atoms with Gasteiger partial charge in [-0.15, -0.1) is 0 Å². The summed E-state index contributed by atoms with van der Waals surface area (Å²) in [6, 6.07) is -0.820. The zero-order valence-corrected chi connectivity index (χ0v) is 9.19. The van der Waals surface area contributed by atoms with Crippen LogP contribution in [0.4, 0.5) is 0 Å². The van der Waals surface area contributed by atoms with Gasteiger partial charge in [0.15, 0.2) is 0 Å². The summed E-state index contributed by atoms with van der Waals surface area (Å²) in [6.07, 6.45) is 2.48. The number of hydrogen-bond donors (Lipinski definition) is 4. The average Bonchev–Trinajstić information content (AvgIpc) is 2.20. The van der Waals surface area contributed by atoms with Gasteiger partial charge in [-0.2, -0.15) is 0 Å². The topological polar surface area (TPSA) is 118 Å². The van der Waals surface area contributed by atoms with Crippen LogP contribution in [0.2, 0.25) is 0 Å². The highest BCUT2D eigenvalue weighted by atomic mass is 16.3. The summed E-state index contributed by atoms with van der Waals surface area (Å²) in [7, 11) is 0. The van der Waals surface area contributed by atoms with Crippen LogP contribution in [-0.2, 0) is 9.59 Å². The van der Waals surface area contributed by atoms with Crippen molar-refractivity contribution in [2.45, 2.75) is 50.3 Å². The van der Waals surface area contributed by atoms with Gasteiger partial charge >= 0.3 is 0 Å². The summed E-state index contributed by atoms with van der Waals surface area (Å²) in [5.74, 6) is -0.929. The Morgan fingerprint density at radius 1 is 1.31 bits per heavy atom. The molecule has 1 fully saturated rings. The molecule has 16 heavy (non-hydrogen) atoms. The molecule has 6 N–H and O–H groups in total. The molecule has 1 unspecified atom stereocenters. The van der Waals surface area contributed by atoms with Crippen LogP contribution in [0.3, 0.4) is 0 Å². The second kappa shape index (κ2) is 5.81. The average molecular weight is 229 g/mol. The van der Waals surface area contributed by atoms with Crippen LogP contribution in [-0.4, -0.2) is 35.1 Å². The largest absolute Gasteiger partial charge is 0.393 e. The van der Waals surface area contributed by atoms with Gasteiger partial charge in [-0.05, 0) is 25.7 Å². The molecule has 6 heteroatoms. The van der Waals surface area contributed by atoms with E-state index in [1.807, 2.05) is 0 Å². The summed E-state index contributed by atoms with van der Waals surface area (Å²) < 4.78 is 0. The molecule has 0 saturated heterocycles. The Hall–Kier alpha value is -1.14. The molecule has 0 bridgehead atoms. The Balaban J connectivity index is 2.31. The fraction of sp³-hybridized carbons (Fsp3) is 0.800. The molecule has 0 spiro atoms. The number of primary amides is 1. The molecule has 0 aromatic rings. The van der Waals surface area contributed by atoms with E-state index in [-0.39, 0.29) is 24.5 Å². The first-order valence-electron chi connectivity index (χ1n) is 5.51. The van der Waals surface area contributed by atoms with Crippen molar-refractivity contribution in [2.75, 3.05) is 0 Å². The maximum absolute atomic E-state index is 11.5. The van der Waals surface area contributed by atoms with E-state index in [4.69, 9.17) is 11.5 Å². The zero-order valence-electron chi connectivity index (χ0n) is 9.19. The van der Waals surface area contributed by atoms with Gasteiger partial charge in [-0.3, -0.25) is 9.59 Å². The van der Waals surface area contributed by atoms with Gasteiger partial charge in [0.25, 0.3) is 0 Å². The normalized spacial score (nSPS) is 27.1. The van der Waals surface area contributed by atoms with E-state index in [9.17, 15) is 14.7 Å². The zero-order chi connectivity index (χ0) is 12.1. The second-order valence-electron chi connectivity index (χ2n) is 4.29. The van der Waals surface area contributed by atoms with Crippen molar-refractivity contribution in [1.29, 1.82) is 0 Å². The molecule has 0 aromatic heterocycles. The number of aliphatic hydroxyl groups is 1. The molecule has 6 nitrogen and oxygen atoms in total. The molecule has 1 aliphatic carbocycles. The minimum atomic E-state index is -0.871. The number of hydrogen-bond acceptors (Lipinski definition) is 4. The third-order valence-corrected chi connectivity index (χ3v) is 2.80. The van der Waals surface area contributed by atoms with Crippen LogP contribution in [0.1, 0.15) is 32.1 Å². The molecule has 2 amide bonds. The smallest absolute Gasteiger partial charge is 0.237 e. The predicted molar refractivity (Wildman–Crippen MR) is 58.2 cm³/mol. The van der Waals surface area contributed by atoms with Crippen LogP contribution in [0.15, 0.2) is 0 Å². The van der Waals surface area contributed by atoms with Crippen molar-refractivity contribution in [3.05, 3.63) is 0 Å². The standard InChI is InChI=1S/C10H19N3O3/c11-8(5-9(12)15)10(16)13-6-1-3-7(14)4-2-6/h6-8,14H,1-5,11H2,(H2,12,15)(H,13,16). The summed E-state index contributed by atoms with van der Waals surface area (Å²) in [5, 5.41) is 12.1. The molecular formula is C10H19N3O3. The molecule has 92 valence electrons. The van der Waals surface area contributed by atoms with Crippen molar-refractivity contribution in [3.63, 3.8) is 0 Å². The first kappa shape index (κ1) is 12.9. The first-order chi connectivity index (χ1) is 7.49. The van der Waals surface area contributed by atoms with Crippen molar-refractivity contribution in [3.8, 4) is 0 Å². The van der Waals surface area contributed by atoms with Gasteiger partial charge in [0.1, 0.15) is 0 Å². The van der Waals surface area contributed by atoms with Crippen molar-refractivity contribution >= 4 is 11.8 Å². The highest BCUT2D eigenvalue weighted by Crippen LogP contribution is 2.18. The molecule has 0 aromatic carbocycles. The summed E-state index contributed by atoms with van der Waals surface area (Å²) in [5.41, 5.74) is 10.5. The number of carbonyl (C=O) groups excluding carboxylic acids is 2. The maximum atomic E-state index is 11.5. The molecule has 1 rings (SSSR count). The van der Waals surface area contributed by atoms with E-state index in [0.29, 0.717) is 12.8 Å². The number of aliphatic hydroxyl groups excluding tert-OH is 1. The lowest BCUT2D eigenvalue weighted by Crippen LogP contribution is -2.48. The summed E-state index contributed by atoms with van der Waals surface area (Å²) in [4.78, 5) is 22.1. The van der Waals surface area contributed by atoms with Crippen molar-refractivity contribution in [1.82, 2.24) is 5.32 Å². The van der Waals surface area contributed by atoms with E-state index in [1.54, 1.807) is 0 Å². The third kappa shape index (κ3) is 4.16. The second-order valence-corrected chi connectivity index (χ2v) is 4.29. The van der Waals surface area contributed by atoms with Gasteiger partial charge in [0, 0.05) is 6.04 Å². The molecule has 1 atom stereocenters. The van der Waals surface area contributed by atoms with Crippen molar-refractivity contribution < 1.29 is 14.7 Å². The predicted octanol–water partition coefficient (Wildman–Crippen LogP) is -1.39. The van der Waals surface area contributed by atoms with E-state index in [0.717, 1.165) is 12.8 Å². The fourth-order valence-corrected chi connectivity index (χ4v) is 1.84. The molecule has 1 saturated carbocycles. The minimum absolute atomic E-state index is 0.0508. The quantitative estimate of drug-likeness (QED) is 0.474. The van der Waals surface area contributed by atoms with Gasteiger partial charge in [-0.25, -0.2) is 0 Å². The minimum Gasteiger partial charge on any atom is -0.393 e. The Bertz CT molecular complexity index is 262. The van der Waals surface area contributed by atoms with Crippen LogP contribution in [0, 0.1) is 0 Å². The monoisotopic (exact) mass is 229 g/mol. The van der Waals surface area contributed by atoms with Gasteiger partial charge in [0.2, 0.25) is 11.8 Å². The van der Waals surface area contributed by atoms with Crippen LogP contribution < -0.4 is 16.8 Å². The van der Waals surface area contributed by atoms with Crippen molar-refractivity contribution in [2.24, 2.45) is 11.5 Å². The molecule has 0 heterocycles. The molecule has 1 aliphatic rings. The maximum Gasteiger partial charge on any atom is 0.237 e. The van der Waals surface area contributed by atoms with Gasteiger partial charge < -0.3 is 21.9 Å². The molecule has 0 radical (unpaired) electrons. The number of carbonyl (C=O) groups is 2. The van der Waals surface area contributed by atoms with Gasteiger partial charge in [0.05, 0.1) is 18.6 Å². The molecule has 0 aliphatic heterocycles. The Morgan fingerprint density at radius 2 is 1.88 bits per heavy atom. The first-order valence-corrected chi connectivity index (χ1v) is 5.51. The van der Waals surface area contributed by atoms with E-state index in [1.165, 1.54) is 0 Å². The Morgan fingerprint density at radius 3 is 2.38 bits per heavy atom. The number of rotatable bonds is 4. The Labute approximate surface area is 94.4 Å². The van der Waals surface area contributed by atoms with Crippen LogP contribution >= 0.6 is 0 Å². The van der Waals surface area contributed by atoms with E-state index in [2.05, 4.69) is 5.32 Å². The lowest BCUT2D eigenvalue weighted by molar-refractivity contribution is -0.127. The van der Waals surface area contributed by atoms with E-state index < -0.39 is 11.9 Å². The molecular weight excluding hydrogens is 210 g/mol. The van der Waals surface area contributed by atoms with Crippen LogP contribution in [0.25, 0.3) is 0 Å². The highest BCUT2D eigenvalue weighted by molar-refractivity contribution is 5.87. The highest BCUT2D eigenvalue weighted by Gasteiger charge is 2.23. The number of nitrogens with one attached hydrogen (secondary N) is 1. The summed E-state index contributed by atoms with van der Waals surface area (Å²) >= 11 is 0. The van der Waals surface area contributed by atoms with Crippen LogP contribution in [0.5, 0.6) is 0 Å². The summed E-state index contributed by atoms with van der Waals surface area (Å²) in [6.45, 7) is 0. The Kier molecular flexibility index (Phi) is 4.70. The van der Waals surface area contributed by atoms with Gasteiger partial charge in [-0.1, -0.05) is 0 Å². The lowest BCUT2D eigenvalue weighted by atomic mass is 9.93. The SMILES string of the molecule is NC(=O)CC(N)C(=O)NC1CCC(O)CC1. The lowest BCUT2D eigenvalue weighted by Gasteiger charge is -2.27. The van der Waals surface area contributed by atoms with E-state index >= 15 is 0 Å². The fourth-order valence-electron chi connectivity index (χ4n) is 1.84. The third-order valence-electron chi connectivity index (χ3n) is 2.80. The number of amides is 2. The number of nitrogens with two attached hydrogens (primary N) is 2.